The Kier molecular flexibility index (Phi) is 3.71. The number of benzene rings is 1. The Bertz CT molecular complexity index is 819. The van der Waals surface area contributed by atoms with Crippen LogP contribution in [0, 0.1) is 11.3 Å². The highest BCUT2D eigenvalue weighted by atomic mass is 16.7. The van der Waals surface area contributed by atoms with Crippen LogP contribution in [-0.2, 0) is 12.8 Å². The third kappa shape index (κ3) is 2.97. The Morgan fingerprint density at radius 1 is 1.24 bits per heavy atom. The van der Waals surface area contributed by atoms with Crippen molar-refractivity contribution in [3.05, 3.63) is 35.2 Å². The highest BCUT2D eigenvalue weighted by molar-refractivity contribution is 6.04. The summed E-state index contributed by atoms with van der Waals surface area (Å²) in [6.07, 6.45) is 2.72. The zero-order valence-electron chi connectivity index (χ0n) is 14.7. The minimum Gasteiger partial charge on any atom is -0.454 e. The first kappa shape index (κ1) is 16.0. The van der Waals surface area contributed by atoms with Crippen LogP contribution in [0.15, 0.2) is 22.7 Å². The average molecular weight is 342 g/mol. The van der Waals surface area contributed by atoms with Crippen LogP contribution in [0.5, 0.6) is 11.5 Å². The van der Waals surface area contributed by atoms with Crippen molar-refractivity contribution >= 4 is 11.6 Å². The van der Waals surface area contributed by atoms with E-state index in [9.17, 15) is 4.79 Å². The fourth-order valence-electron chi connectivity index (χ4n) is 3.49. The van der Waals surface area contributed by atoms with E-state index in [0.717, 1.165) is 30.6 Å². The fourth-order valence-corrected chi connectivity index (χ4v) is 3.49. The smallest absolute Gasteiger partial charge is 0.278 e. The van der Waals surface area contributed by atoms with Crippen LogP contribution >= 0.6 is 0 Å². The van der Waals surface area contributed by atoms with E-state index in [1.54, 1.807) is 18.2 Å². The first-order chi connectivity index (χ1) is 11.9. The second-order valence-electron chi connectivity index (χ2n) is 7.76. The summed E-state index contributed by atoms with van der Waals surface area (Å²) in [5, 5.41) is 6.92. The standard InChI is InChI=1S/C19H22N2O4/c1-19(2,3)11-4-6-14-13(8-11)17(21-25-14)18(22)20-12-5-7-15-16(9-12)24-10-23-15/h5,7,9,11H,4,6,8,10H2,1-3H3,(H,20,22)/t11-/m1/s1. The molecule has 0 saturated carbocycles. The van der Waals surface area contributed by atoms with Crippen molar-refractivity contribution < 1.29 is 18.8 Å². The van der Waals surface area contributed by atoms with Gasteiger partial charge < -0.3 is 19.3 Å². The molecule has 25 heavy (non-hydrogen) atoms. The van der Waals surface area contributed by atoms with Gasteiger partial charge >= 0.3 is 0 Å². The number of hydrogen-bond donors (Lipinski definition) is 1. The average Bonchev–Trinajstić information content (AvgIpc) is 3.19. The maximum Gasteiger partial charge on any atom is 0.278 e. The predicted octanol–water partition coefficient (Wildman–Crippen LogP) is 3.81. The molecule has 1 atom stereocenters. The Hall–Kier alpha value is -2.50. The number of aromatic nitrogens is 1. The summed E-state index contributed by atoms with van der Waals surface area (Å²) in [4.78, 5) is 12.7. The summed E-state index contributed by atoms with van der Waals surface area (Å²) < 4.78 is 16.1. The first-order valence-electron chi connectivity index (χ1n) is 8.60. The lowest BCUT2D eigenvalue weighted by atomic mass is 9.71. The highest BCUT2D eigenvalue weighted by Gasteiger charge is 2.34. The van der Waals surface area contributed by atoms with E-state index in [-0.39, 0.29) is 18.1 Å². The van der Waals surface area contributed by atoms with Crippen LogP contribution in [0.25, 0.3) is 0 Å². The zero-order valence-corrected chi connectivity index (χ0v) is 14.7. The van der Waals surface area contributed by atoms with Gasteiger partial charge in [-0.1, -0.05) is 25.9 Å². The van der Waals surface area contributed by atoms with E-state index in [0.29, 0.717) is 28.8 Å². The Morgan fingerprint density at radius 2 is 2.04 bits per heavy atom. The third-order valence-corrected chi connectivity index (χ3v) is 5.11. The van der Waals surface area contributed by atoms with E-state index in [1.807, 2.05) is 0 Å². The molecule has 4 rings (SSSR count). The molecule has 0 spiro atoms. The topological polar surface area (TPSA) is 73.6 Å². The minimum atomic E-state index is -0.251. The van der Waals surface area contributed by atoms with Gasteiger partial charge in [0.05, 0.1) is 0 Å². The molecule has 6 heteroatoms. The highest BCUT2D eigenvalue weighted by Crippen LogP contribution is 2.39. The van der Waals surface area contributed by atoms with Crippen LogP contribution < -0.4 is 14.8 Å². The van der Waals surface area contributed by atoms with Gasteiger partial charge in [-0.3, -0.25) is 4.79 Å². The van der Waals surface area contributed by atoms with Crippen molar-refractivity contribution in [2.24, 2.45) is 11.3 Å². The van der Waals surface area contributed by atoms with E-state index < -0.39 is 0 Å². The third-order valence-electron chi connectivity index (χ3n) is 5.11. The molecule has 2 aromatic rings. The number of anilines is 1. The number of hydrogen-bond acceptors (Lipinski definition) is 5. The normalized spacial score (nSPS) is 18.8. The molecule has 132 valence electrons. The van der Waals surface area contributed by atoms with E-state index in [4.69, 9.17) is 14.0 Å². The number of carbonyl (C=O) groups excluding carboxylic acids is 1. The Labute approximate surface area is 146 Å². The molecule has 2 aliphatic rings. The summed E-state index contributed by atoms with van der Waals surface area (Å²) in [6.45, 7) is 6.92. The number of aryl methyl sites for hydroxylation is 1. The van der Waals surface area contributed by atoms with Gasteiger partial charge in [-0.15, -0.1) is 0 Å². The van der Waals surface area contributed by atoms with Crippen LogP contribution in [0.3, 0.4) is 0 Å². The van der Waals surface area contributed by atoms with Gasteiger partial charge in [-0.05, 0) is 36.3 Å². The van der Waals surface area contributed by atoms with Crippen molar-refractivity contribution in [3.63, 3.8) is 0 Å². The number of ether oxygens (including phenoxy) is 2. The molecule has 0 radical (unpaired) electrons. The van der Waals surface area contributed by atoms with Crippen LogP contribution in [0.1, 0.15) is 49.0 Å². The van der Waals surface area contributed by atoms with E-state index >= 15 is 0 Å². The van der Waals surface area contributed by atoms with Crippen LogP contribution in [-0.4, -0.2) is 17.9 Å². The first-order valence-corrected chi connectivity index (χ1v) is 8.60. The van der Waals surface area contributed by atoms with Gasteiger partial charge in [0, 0.05) is 23.7 Å². The summed E-state index contributed by atoms with van der Waals surface area (Å²) >= 11 is 0. The Balaban J connectivity index is 1.55. The molecule has 1 aliphatic carbocycles. The maximum atomic E-state index is 12.7. The molecule has 1 aromatic heterocycles. The van der Waals surface area contributed by atoms with Gasteiger partial charge in [-0.25, -0.2) is 0 Å². The molecule has 1 amide bonds. The largest absolute Gasteiger partial charge is 0.454 e. The molecule has 0 saturated heterocycles. The van der Waals surface area contributed by atoms with Gasteiger partial charge in [-0.2, -0.15) is 0 Å². The van der Waals surface area contributed by atoms with Crippen molar-refractivity contribution in [2.75, 3.05) is 12.1 Å². The lowest BCUT2D eigenvalue weighted by Gasteiger charge is -2.33. The summed E-state index contributed by atoms with van der Waals surface area (Å²) in [5.74, 6) is 2.42. The van der Waals surface area contributed by atoms with Crippen molar-refractivity contribution in [1.82, 2.24) is 5.16 Å². The molecular formula is C19H22N2O4. The molecule has 1 aromatic carbocycles. The molecule has 1 aliphatic heterocycles. The molecule has 0 unspecified atom stereocenters. The van der Waals surface area contributed by atoms with Crippen molar-refractivity contribution in [2.45, 2.75) is 40.0 Å². The van der Waals surface area contributed by atoms with E-state index in [2.05, 4.69) is 31.2 Å². The van der Waals surface area contributed by atoms with Gasteiger partial charge in [0.1, 0.15) is 5.76 Å². The molecule has 0 fully saturated rings. The number of rotatable bonds is 2. The van der Waals surface area contributed by atoms with E-state index in [1.165, 1.54) is 0 Å². The number of nitrogens with one attached hydrogen (secondary N) is 1. The second-order valence-corrected chi connectivity index (χ2v) is 7.76. The minimum absolute atomic E-state index is 0.194. The lowest BCUT2D eigenvalue weighted by Crippen LogP contribution is -2.27. The predicted molar refractivity (Wildman–Crippen MR) is 92.0 cm³/mol. The molecule has 2 heterocycles. The number of amides is 1. The van der Waals surface area contributed by atoms with Crippen molar-refractivity contribution in [3.8, 4) is 11.5 Å². The van der Waals surface area contributed by atoms with Gasteiger partial charge in [0.2, 0.25) is 6.79 Å². The summed E-state index contributed by atoms with van der Waals surface area (Å²) in [5.41, 5.74) is 2.18. The number of carbonyl (C=O) groups is 1. The molecule has 1 N–H and O–H groups in total. The molecule has 0 bridgehead atoms. The van der Waals surface area contributed by atoms with Crippen LogP contribution in [0.2, 0.25) is 0 Å². The van der Waals surface area contributed by atoms with Crippen LogP contribution in [0.4, 0.5) is 5.69 Å². The van der Waals surface area contributed by atoms with Crippen molar-refractivity contribution in [1.29, 1.82) is 0 Å². The van der Waals surface area contributed by atoms with Gasteiger partial charge in [0.25, 0.3) is 5.91 Å². The summed E-state index contributed by atoms with van der Waals surface area (Å²) in [6, 6.07) is 5.33. The number of nitrogens with zero attached hydrogens (tertiary/aromatic N) is 1. The SMILES string of the molecule is CC(C)(C)[C@@H]1CCc2onc(C(=O)Nc3ccc4c(c3)OCO4)c2C1. The fraction of sp³-hybridized carbons (Fsp3) is 0.474. The second kappa shape index (κ2) is 5.79. The lowest BCUT2D eigenvalue weighted by molar-refractivity contribution is 0.101. The summed E-state index contributed by atoms with van der Waals surface area (Å²) in [7, 11) is 0. The number of fused-ring (bicyclic) bond motifs is 2. The monoisotopic (exact) mass is 342 g/mol. The molecule has 6 nitrogen and oxygen atoms in total. The van der Waals surface area contributed by atoms with Gasteiger partial charge in [0.15, 0.2) is 17.2 Å². The molecular weight excluding hydrogens is 320 g/mol. The Morgan fingerprint density at radius 3 is 2.84 bits per heavy atom. The maximum absolute atomic E-state index is 12.7. The quantitative estimate of drug-likeness (QED) is 0.898. The zero-order chi connectivity index (χ0) is 17.6.